The van der Waals surface area contributed by atoms with Gasteiger partial charge in [-0.3, -0.25) is 9.69 Å². The highest BCUT2D eigenvalue weighted by Gasteiger charge is 2.23. The van der Waals surface area contributed by atoms with Gasteiger partial charge in [-0.05, 0) is 30.5 Å². The zero-order valence-corrected chi connectivity index (χ0v) is 10.5. The van der Waals surface area contributed by atoms with E-state index in [2.05, 4.69) is 4.90 Å². The van der Waals surface area contributed by atoms with Crippen molar-refractivity contribution in [3.05, 3.63) is 29.8 Å². The van der Waals surface area contributed by atoms with Crippen molar-refractivity contribution in [1.82, 2.24) is 4.90 Å². The van der Waals surface area contributed by atoms with Crippen molar-refractivity contribution in [2.75, 3.05) is 6.54 Å². The predicted molar refractivity (Wildman–Crippen MR) is 70.0 cm³/mol. The Morgan fingerprint density at radius 3 is 2.44 bits per heavy atom. The summed E-state index contributed by atoms with van der Waals surface area (Å²) < 4.78 is 0. The smallest absolute Gasteiger partial charge is 0.231 e. The van der Waals surface area contributed by atoms with Crippen molar-refractivity contribution in [3.8, 4) is 5.75 Å². The van der Waals surface area contributed by atoms with Crippen LogP contribution in [0.1, 0.15) is 31.2 Å². The second-order valence-electron chi connectivity index (χ2n) is 4.98. The third-order valence-electron chi connectivity index (χ3n) is 3.52. The first-order chi connectivity index (χ1) is 8.65. The fourth-order valence-electron chi connectivity index (χ4n) is 2.62. The number of carbonyl (C=O) groups excluding carboxylic acids is 1. The van der Waals surface area contributed by atoms with E-state index in [9.17, 15) is 9.90 Å². The largest absolute Gasteiger partial charge is 0.508 e. The van der Waals surface area contributed by atoms with Gasteiger partial charge in [0.25, 0.3) is 0 Å². The zero-order valence-electron chi connectivity index (χ0n) is 10.5. The van der Waals surface area contributed by atoms with Gasteiger partial charge < -0.3 is 10.8 Å². The number of phenols is 1. The molecular weight excluding hydrogens is 228 g/mol. The summed E-state index contributed by atoms with van der Waals surface area (Å²) in [5.41, 5.74) is 6.42. The van der Waals surface area contributed by atoms with Gasteiger partial charge in [0.15, 0.2) is 0 Å². The second-order valence-corrected chi connectivity index (χ2v) is 4.98. The molecule has 98 valence electrons. The lowest BCUT2D eigenvalue weighted by atomic mass is 10.1. The average molecular weight is 248 g/mol. The van der Waals surface area contributed by atoms with Crippen LogP contribution >= 0.6 is 0 Å². The molecule has 1 aromatic carbocycles. The quantitative estimate of drug-likeness (QED) is 0.832. The van der Waals surface area contributed by atoms with Crippen LogP contribution in [-0.2, 0) is 11.3 Å². The van der Waals surface area contributed by atoms with E-state index in [1.807, 2.05) is 12.1 Å². The maximum atomic E-state index is 11.2. The van der Waals surface area contributed by atoms with Crippen LogP contribution in [0.2, 0.25) is 0 Å². The highest BCUT2D eigenvalue weighted by atomic mass is 16.3. The lowest BCUT2D eigenvalue weighted by molar-refractivity contribution is -0.119. The molecule has 0 saturated heterocycles. The Balaban J connectivity index is 2.03. The van der Waals surface area contributed by atoms with Crippen LogP contribution in [0.4, 0.5) is 0 Å². The Kier molecular flexibility index (Phi) is 4.20. The van der Waals surface area contributed by atoms with Gasteiger partial charge in [-0.1, -0.05) is 25.0 Å². The van der Waals surface area contributed by atoms with E-state index in [-0.39, 0.29) is 11.7 Å². The van der Waals surface area contributed by atoms with Crippen LogP contribution < -0.4 is 5.73 Å². The number of carbonyl (C=O) groups is 1. The van der Waals surface area contributed by atoms with Gasteiger partial charge in [-0.15, -0.1) is 0 Å². The van der Waals surface area contributed by atoms with Gasteiger partial charge in [0.1, 0.15) is 5.75 Å². The number of phenolic OH excluding ortho intramolecular Hbond substituents is 1. The van der Waals surface area contributed by atoms with Gasteiger partial charge in [-0.25, -0.2) is 0 Å². The van der Waals surface area contributed by atoms with Crippen LogP contribution in [0.25, 0.3) is 0 Å². The van der Waals surface area contributed by atoms with Gasteiger partial charge in [0, 0.05) is 12.6 Å². The van der Waals surface area contributed by atoms with Crippen LogP contribution in [0.15, 0.2) is 24.3 Å². The summed E-state index contributed by atoms with van der Waals surface area (Å²) in [6.45, 7) is 1.03. The molecule has 1 fully saturated rings. The summed E-state index contributed by atoms with van der Waals surface area (Å²) in [5.74, 6) is -0.0123. The molecule has 4 heteroatoms. The van der Waals surface area contributed by atoms with Crippen molar-refractivity contribution in [1.29, 1.82) is 0 Å². The van der Waals surface area contributed by atoms with Crippen molar-refractivity contribution in [2.45, 2.75) is 38.3 Å². The lowest BCUT2D eigenvalue weighted by Crippen LogP contribution is -2.39. The first kappa shape index (κ1) is 12.9. The molecule has 0 heterocycles. The monoisotopic (exact) mass is 248 g/mol. The minimum Gasteiger partial charge on any atom is -0.508 e. The third kappa shape index (κ3) is 3.47. The highest BCUT2D eigenvalue weighted by Crippen LogP contribution is 2.25. The topological polar surface area (TPSA) is 66.6 Å². The maximum absolute atomic E-state index is 11.2. The SMILES string of the molecule is NC(=O)CN(Cc1ccc(O)cc1)C1CCCC1. The van der Waals surface area contributed by atoms with E-state index < -0.39 is 0 Å². The predicted octanol–water partition coefficient (Wildman–Crippen LogP) is 1.62. The van der Waals surface area contributed by atoms with Crippen LogP contribution in [0.5, 0.6) is 5.75 Å². The van der Waals surface area contributed by atoms with Crippen molar-refractivity contribution in [2.24, 2.45) is 5.73 Å². The highest BCUT2D eigenvalue weighted by molar-refractivity contribution is 5.75. The van der Waals surface area contributed by atoms with E-state index in [1.54, 1.807) is 12.1 Å². The lowest BCUT2D eigenvalue weighted by Gasteiger charge is -2.27. The summed E-state index contributed by atoms with van der Waals surface area (Å²) >= 11 is 0. The Labute approximate surface area is 107 Å². The summed E-state index contributed by atoms with van der Waals surface area (Å²) in [4.78, 5) is 13.3. The van der Waals surface area contributed by atoms with Crippen LogP contribution in [0.3, 0.4) is 0 Å². The van der Waals surface area contributed by atoms with E-state index in [0.717, 1.165) is 18.4 Å². The molecule has 2 rings (SSSR count). The molecule has 0 aromatic heterocycles. The van der Waals surface area contributed by atoms with E-state index in [1.165, 1.54) is 12.8 Å². The van der Waals surface area contributed by atoms with Crippen molar-refractivity contribution in [3.63, 3.8) is 0 Å². The summed E-state index contributed by atoms with van der Waals surface area (Å²) in [7, 11) is 0. The number of amides is 1. The molecular formula is C14H20N2O2. The van der Waals surface area contributed by atoms with Gasteiger partial charge in [0.2, 0.25) is 5.91 Å². The summed E-state index contributed by atoms with van der Waals surface area (Å²) in [6.07, 6.45) is 4.75. The van der Waals surface area contributed by atoms with Gasteiger partial charge in [-0.2, -0.15) is 0 Å². The van der Waals surface area contributed by atoms with Gasteiger partial charge in [0.05, 0.1) is 6.54 Å². The number of benzene rings is 1. The molecule has 0 atom stereocenters. The van der Waals surface area contributed by atoms with Gasteiger partial charge >= 0.3 is 0 Å². The Hall–Kier alpha value is -1.55. The molecule has 0 aliphatic heterocycles. The molecule has 0 bridgehead atoms. The first-order valence-electron chi connectivity index (χ1n) is 6.45. The van der Waals surface area contributed by atoms with E-state index in [0.29, 0.717) is 19.1 Å². The van der Waals surface area contributed by atoms with Crippen molar-refractivity contribution < 1.29 is 9.90 Å². The molecule has 1 amide bonds. The first-order valence-corrected chi connectivity index (χ1v) is 6.45. The van der Waals surface area contributed by atoms with Crippen LogP contribution in [-0.4, -0.2) is 28.5 Å². The molecule has 1 aromatic rings. The average Bonchev–Trinajstić information content (AvgIpc) is 2.84. The molecule has 0 radical (unpaired) electrons. The molecule has 0 spiro atoms. The minimum atomic E-state index is -0.277. The number of primary amides is 1. The summed E-state index contributed by atoms with van der Waals surface area (Å²) in [5, 5.41) is 9.26. The molecule has 18 heavy (non-hydrogen) atoms. The summed E-state index contributed by atoms with van der Waals surface area (Å²) in [6, 6.07) is 7.58. The third-order valence-corrected chi connectivity index (χ3v) is 3.52. The number of nitrogens with zero attached hydrogens (tertiary/aromatic N) is 1. The Morgan fingerprint density at radius 1 is 1.28 bits per heavy atom. The molecule has 0 unspecified atom stereocenters. The van der Waals surface area contributed by atoms with E-state index in [4.69, 9.17) is 5.73 Å². The van der Waals surface area contributed by atoms with Crippen molar-refractivity contribution >= 4 is 5.91 Å². The second kappa shape index (κ2) is 5.87. The number of hydrogen-bond donors (Lipinski definition) is 2. The molecule has 4 nitrogen and oxygen atoms in total. The Bertz CT molecular complexity index is 397. The fraction of sp³-hybridized carbons (Fsp3) is 0.500. The van der Waals surface area contributed by atoms with E-state index >= 15 is 0 Å². The standard InChI is InChI=1S/C14H20N2O2/c15-14(18)10-16(12-3-1-2-4-12)9-11-5-7-13(17)8-6-11/h5-8,12,17H,1-4,9-10H2,(H2,15,18). The maximum Gasteiger partial charge on any atom is 0.231 e. The minimum absolute atomic E-state index is 0.265. The molecule has 1 saturated carbocycles. The number of rotatable bonds is 5. The molecule has 1 aliphatic carbocycles. The number of nitrogens with two attached hydrogens (primary N) is 1. The number of aromatic hydroxyl groups is 1. The van der Waals surface area contributed by atoms with Crippen LogP contribution in [0, 0.1) is 0 Å². The molecule has 1 aliphatic rings. The molecule has 3 N–H and O–H groups in total. The number of hydrogen-bond acceptors (Lipinski definition) is 3. The zero-order chi connectivity index (χ0) is 13.0. The normalized spacial score (nSPS) is 16.3. The fourth-order valence-corrected chi connectivity index (χ4v) is 2.62. The Morgan fingerprint density at radius 2 is 1.89 bits per heavy atom.